The van der Waals surface area contributed by atoms with Crippen LogP contribution in [0.2, 0.25) is 0 Å². The van der Waals surface area contributed by atoms with Crippen LogP contribution in [-0.4, -0.2) is 117 Å². The highest BCUT2D eigenvalue weighted by Crippen LogP contribution is 2.12. The molecule has 0 aliphatic heterocycles. The summed E-state index contributed by atoms with van der Waals surface area (Å²) >= 11 is 0. The zero-order valence-corrected chi connectivity index (χ0v) is 31.7. The minimum atomic E-state index is -1.66. The Morgan fingerprint density at radius 1 is 0.702 bits per heavy atom. The van der Waals surface area contributed by atoms with E-state index in [0.29, 0.717) is 30.5 Å². The highest BCUT2D eigenvalue weighted by atomic mass is 16.7. The van der Waals surface area contributed by atoms with Gasteiger partial charge in [0.1, 0.15) is 36.0 Å². The fourth-order valence-corrected chi connectivity index (χ4v) is 5.28. The number of benzene rings is 2. The number of carboxylic acids is 1. The molecular weight excluding hydrogens is 750 g/mol. The number of aliphatic hydroxyl groups excluding tert-OH is 1. The molecule has 0 aliphatic rings. The summed E-state index contributed by atoms with van der Waals surface area (Å²) in [4.78, 5) is 101. The molecule has 2 rings (SSSR count). The molecule has 0 bridgehead atoms. The molecule has 12 N–H and O–H groups in total. The van der Waals surface area contributed by atoms with Crippen molar-refractivity contribution in [2.75, 3.05) is 13.1 Å². The van der Waals surface area contributed by atoms with E-state index in [-0.39, 0.29) is 25.0 Å². The van der Waals surface area contributed by atoms with Crippen LogP contribution >= 0.6 is 0 Å². The van der Waals surface area contributed by atoms with Gasteiger partial charge >= 0.3 is 5.97 Å². The molecule has 0 saturated heterocycles. The number of carbonyl (C=O) groups is 7. The van der Waals surface area contributed by atoms with Crippen LogP contribution in [0.25, 0.3) is 0 Å². The second kappa shape index (κ2) is 23.5. The van der Waals surface area contributed by atoms with E-state index in [2.05, 4.69) is 31.9 Å². The normalized spacial score (nSPS) is 14.5. The molecule has 0 aliphatic carbocycles. The van der Waals surface area contributed by atoms with Crippen LogP contribution in [0.5, 0.6) is 5.75 Å². The number of hydrazine groups is 1. The summed E-state index contributed by atoms with van der Waals surface area (Å²) in [6.07, 6.45) is -0.624. The Labute approximate surface area is 328 Å². The summed E-state index contributed by atoms with van der Waals surface area (Å²) in [7, 11) is 0. The number of aromatic hydroxyl groups is 1. The number of phenolic OH excluding ortho intramolecular Hbond substituents is 1. The lowest BCUT2D eigenvalue weighted by atomic mass is 10.0. The van der Waals surface area contributed by atoms with Crippen molar-refractivity contribution in [2.45, 2.75) is 95.2 Å². The average Bonchev–Trinajstić information content (AvgIpc) is 3.15. The smallest absolute Gasteiger partial charge is 0.326 e. The molecule has 7 atom stereocenters. The van der Waals surface area contributed by atoms with E-state index in [1.54, 1.807) is 30.3 Å². The third-order valence-electron chi connectivity index (χ3n) is 8.44. The van der Waals surface area contributed by atoms with Crippen LogP contribution in [0.15, 0.2) is 54.6 Å². The van der Waals surface area contributed by atoms with Gasteiger partial charge in [0.2, 0.25) is 35.4 Å². The minimum absolute atomic E-state index is 0.00361. The van der Waals surface area contributed by atoms with E-state index in [0.717, 1.165) is 0 Å². The van der Waals surface area contributed by atoms with Gasteiger partial charge in [0.25, 0.3) is 0 Å². The number of nitrogens with two attached hydrogens (primary N) is 1. The maximum atomic E-state index is 13.2. The predicted molar refractivity (Wildman–Crippen MR) is 202 cm³/mol. The number of hydrogen-bond acceptors (Lipinski definition) is 12. The number of amides is 6. The van der Waals surface area contributed by atoms with E-state index >= 15 is 0 Å². The number of phenols is 1. The number of carbonyl (C=O) groups excluding carboxylic acids is 6. The van der Waals surface area contributed by atoms with Crippen molar-refractivity contribution in [3.63, 3.8) is 0 Å². The highest BCUT2D eigenvalue weighted by molar-refractivity contribution is 5.96. The molecule has 2 aromatic carbocycles. The molecule has 0 unspecified atom stereocenters. The summed E-state index contributed by atoms with van der Waals surface area (Å²) < 4.78 is 0. The van der Waals surface area contributed by atoms with E-state index in [9.17, 15) is 59.0 Å². The molecule has 0 fully saturated rings. The van der Waals surface area contributed by atoms with Gasteiger partial charge in [0.05, 0.1) is 12.6 Å². The van der Waals surface area contributed by atoms with Crippen LogP contribution in [0.4, 0.5) is 0 Å². The molecule has 0 heterocycles. The van der Waals surface area contributed by atoms with Gasteiger partial charge in [-0.3, -0.25) is 28.8 Å². The first-order valence-electron chi connectivity index (χ1n) is 18.0. The number of carboxylic acid groups (broad SMARTS) is 1. The molecule has 2 aromatic rings. The predicted octanol–water partition coefficient (Wildman–Crippen LogP) is -2.50. The SMILES string of the molecule is C[C@H](NC(=O)CNC(=O)[C@H](C)NC(=O)[C@@H](NC(=O)[C@H](Cc1ccc(O)cc1)N[N+](=O)[O-])[C@@H](C)O)C(=O)N[C@@H](Cc1ccccc1)C(=O)N[C@@H](CCCCN)C(=O)O. The molecule has 0 radical (unpaired) electrons. The van der Waals surface area contributed by atoms with E-state index in [4.69, 9.17) is 5.73 Å². The fourth-order valence-electron chi connectivity index (χ4n) is 5.28. The van der Waals surface area contributed by atoms with Crippen molar-refractivity contribution in [1.82, 2.24) is 37.3 Å². The fraction of sp³-hybridized carbons (Fsp3) is 0.472. The Hall–Kier alpha value is -6.35. The van der Waals surface area contributed by atoms with Crippen molar-refractivity contribution >= 4 is 41.4 Å². The van der Waals surface area contributed by atoms with Crippen molar-refractivity contribution in [3.8, 4) is 5.75 Å². The van der Waals surface area contributed by atoms with Gasteiger partial charge in [-0.05, 0) is 69.8 Å². The van der Waals surface area contributed by atoms with Crippen LogP contribution in [0.1, 0.15) is 51.2 Å². The van der Waals surface area contributed by atoms with Crippen molar-refractivity contribution in [2.24, 2.45) is 5.73 Å². The number of nitro groups is 1. The molecule has 0 aromatic heterocycles. The zero-order valence-electron chi connectivity index (χ0n) is 31.7. The largest absolute Gasteiger partial charge is 0.508 e. The van der Waals surface area contributed by atoms with Crippen molar-refractivity contribution in [1.29, 1.82) is 0 Å². The van der Waals surface area contributed by atoms with Crippen LogP contribution in [0, 0.1) is 10.1 Å². The number of rotatable bonds is 24. The zero-order chi connectivity index (χ0) is 42.7. The Bertz CT molecular complexity index is 1700. The van der Waals surface area contributed by atoms with Crippen LogP contribution < -0.4 is 43.1 Å². The molecule has 21 heteroatoms. The van der Waals surface area contributed by atoms with Crippen LogP contribution in [-0.2, 0) is 46.4 Å². The Balaban J connectivity index is 1.98. The van der Waals surface area contributed by atoms with Gasteiger partial charge in [0.15, 0.2) is 11.1 Å². The number of aliphatic hydroxyl groups is 1. The first-order valence-corrected chi connectivity index (χ1v) is 18.0. The van der Waals surface area contributed by atoms with Gasteiger partial charge in [-0.1, -0.05) is 42.5 Å². The summed E-state index contributed by atoms with van der Waals surface area (Å²) in [5, 5.41) is 53.7. The van der Waals surface area contributed by atoms with E-state index < -0.39 is 95.3 Å². The van der Waals surface area contributed by atoms with Gasteiger partial charge in [-0.2, -0.15) is 0 Å². The molecule has 0 spiro atoms. The Kier molecular flexibility index (Phi) is 19.3. The third kappa shape index (κ3) is 16.9. The molecule has 6 amide bonds. The van der Waals surface area contributed by atoms with Crippen molar-refractivity contribution < 1.29 is 53.9 Å². The van der Waals surface area contributed by atoms with Gasteiger partial charge in [-0.15, -0.1) is 5.43 Å². The maximum absolute atomic E-state index is 13.2. The van der Waals surface area contributed by atoms with Gasteiger partial charge in [-0.25, -0.2) is 14.9 Å². The lowest BCUT2D eigenvalue weighted by molar-refractivity contribution is -0.548. The third-order valence-corrected chi connectivity index (χ3v) is 8.44. The number of nitrogens with zero attached hydrogens (tertiary/aromatic N) is 1. The quantitative estimate of drug-likeness (QED) is 0.0297. The topological polar surface area (TPSA) is 334 Å². The molecule has 57 heavy (non-hydrogen) atoms. The summed E-state index contributed by atoms with van der Waals surface area (Å²) in [5.74, 6) is -6.62. The Morgan fingerprint density at radius 2 is 1.26 bits per heavy atom. The molecular formula is C36H51N9O12. The summed E-state index contributed by atoms with van der Waals surface area (Å²) in [5.41, 5.74) is 8.43. The maximum Gasteiger partial charge on any atom is 0.326 e. The van der Waals surface area contributed by atoms with E-state index in [1.807, 2.05) is 5.43 Å². The highest BCUT2D eigenvalue weighted by Gasteiger charge is 2.33. The second-order valence-electron chi connectivity index (χ2n) is 13.2. The first kappa shape index (κ1) is 46.8. The lowest BCUT2D eigenvalue weighted by Gasteiger charge is -2.25. The Morgan fingerprint density at radius 3 is 1.84 bits per heavy atom. The van der Waals surface area contributed by atoms with Gasteiger partial charge < -0.3 is 53.0 Å². The van der Waals surface area contributed by atoms with Gasteiger partial charge in [0, 0.05) is 12.8 Å². The average molecular weight is 802 g/mol. The first-order chi connectivity index (χ1) is 26.9. The number of aliphatic carboxylic acids is 1. The summed E-state index contributed by atoms with van der Waals surface area (Å²) in [6.45, 7) is 3.43. The van der Waals surface area contributed by atoms with Crippen LogP contribution in [0.3, 0.4) is 0 Å². The standard InChI is InChI=1S/C36H51N9O12/c1-20(40-35(53)30(22(3)46)43-34(52)28(44-45(56)57)18-24-12-14-25(47)15-13-24)31(49)38-19-29(48)39-21(2)32(50)42-27(17-23-9-5-4-6-10-23)33(51)41-26(36(54)55)11-7-8-16-37/h4-6,9-10,12-15,20-22,26-28,30,44,46-47H,7-8,11,16-19,37H2,1-3H3,(H,38,49)(H,39,48)(H,40,53)(H,41,51)(H,42,50)(H,43,52)(H,54,55)/t20-,21-,22+,26-,27-,28-,30-/m0/s1. The summed E-state index contributed by atoms with van der Waals surface area (Å²) in [6, 6.07) is 5.98. The number of hydrogen-bond donors (Lipinski definition) is 11. The minimum Gasteiger partial charge on any atom is -0.508 e. The second-order valence-corrected chi connectivity index (χ2v) is 13.2. The number of unbranched alkanes of at least 4 members (excludes halogenated alkanes) is 1. The molecule has 0 saturated carbocycles. The lowest BCUT2D eigenvalue weighted by Crippen LogP contribution is -2.60. The molecule has 312 valence electrons. The van der Waals surface area contributed by atoms with Crippen molar-refractivity contribution in [3.05, 3.63) is 75.8 Å². The monoisotopic (exact) mass is 801 g/mol. The molecule has 21 nitrogen and oxygen atoms in total. The number of nitrogens with one attached hydrogen (secondary N) is 7. The van der Waals surface area contributed by atoms with E-state index in [1.165, 1.54) is 45.0 Å².